The molecule has 2 fully saturated rings. The van der Waals surface area contributed by atoms with Crippen molar-refractivity contribution in [1.82, 2.24) is 34.5 Å². The normalized spacial score (nSPS) is 19.6. The van der Waals surface area contributed by atoms with Crippen molar-refractivity contribution in [2.45, 2.75) is 25.3 Å². The number of nitrogens with one attached hydrogen (secondary N) is 1. The Bertz CT molecular complexity index is 1610. The number of hydrogen-bond donors (Lipinski definition) is 1. The van der Waals surface area contributed by atoms with E-state index >= 15 is 0 Å². The van der Waals surface area contributed by atoms with Gasteiger partial charge in [0.25, 0.3) is 0 Å². The molecule has 37 heavy (non-hydrogen) atoms. The van der Waals surface area contributed by atoms with Gasteiger partial charge in [0.05, 0.1) is 28.8 Å². The lowest BCUT2D eigenvalue weighted by molar-refractivity contribution is -0.135. The van der Waals surface area contributed by atoms with E-state index in [1.165, 1.54) is 0 Å². The van der Waals surface area contributed by atoms with Crippen molar-refractivity contribution in [3.05, 3.63) is 46.8 Å². The summed E-state index contributed by atoms with van der Waals surface area (Å²) in [5.74, 6) is 0.309. The molecule has 0 radical (unpaired) electrons. The number of amides is 2. The summed E-state index contributed by atoms with van der Waals surface area (Å²) >= 11 is 3.50. The maximum absolute atomic E-state index is 12.9. The first kappa shape index (κ1) is 23.3. The van der Waals surface area contributed by atoms with Crippen molar-refractivity contribution < 1.29 is 9.59 Å². The molecule has 3 aromatic heterocycles. The summed E-state index contributed by atoms with van der Waals surface area (Å²) in [7, 11) is 1.71. The molecule has 2 amide bonds. The van der Waals surface area contributed by atoms with Crippen LogP contribution in [0, 0.1) is 17.2 Å². The number of halogens is 1. The van der Waals surface area contributed by atoms with Crippen molar-refractivity contribution in [2.75, 3.05) is 25.6 Å². The number of nitriles is 1. The highest BCUT2D eigenvalue weighted by Crippen LogP contribution is 2.31. The second-order valence-corrected chi connectivity index (χ2v) is 10.2. The Labute approximate surface area is 220 Å². The molecule has 2 aliphatic rings. The van der Waals surface area contributed by atoms with Crippen LogP contribution >= 0.6 is 15.9 Å². The van der Waals surface area contributed by atoms with Crippen LogP contribution < -0.4 is 5.32 Å². The number of likely N-dealkylation sites (N-methyl/N-ethyl adjacent to an activating group) is 1. The van der Waals surface area contributed by atoms with Crippen molar-refractivity contribution in [1.29, 1.82) is 5.26 Å². The fourth-order valence-electron chi connectivity index (χ4n) is 5.10. The minimum atomic E-state index is -0.129. The van der Waals surface area contributed by atoms with Gasteiger partial charge >= 0.3 is 0 Å². The molecule has 4 heterocycles. The minimum absolute atomic E-state index is 0.0273. The summed E-state index contributed by atoms with van der Waals surface area (Å²) in [5, 5.41) is 19.2. The van der Waals surface area contributed by atoms with Crippen molar-refractivity contribution in [2.24, 2.45) is 5.92 Å². The van der Waals surface area contributed by atoms with E-state index in [4.69, 9.17) is 4.98 Å². The SMILES string of the molecule is CN1CN(C(=O)[C@@H]2CC[C@@H](Nc3ncc4c(Br)nn(-c5cc(C#N)c6ncccc6c5)c4n3)C2)CC1=O. The quantitative estimate of drug-likeness (QED) is 0.403. The Kier molecular flexibility index (Phi) is 5.72. The average molecular weight is 560 g/mol. The van der Waals surface area contributed by atoms with E-state index in [1.807, 2.05) is 18.2 Å². The molecular weight excluding hydrogens is 538 g/mol. The molecule has 6 rings (SSSR count). The largest absolute Gasteiger partial charge is 0.351 e. The van der Waals surface area contributed by atoms with Gasteiger partial charge in [-0.25, -0.2) is 9.67 Å². The zero-order valence-electron chi connectivity index (χ0n) is 19.9. The summed E-state index contributed by atoms with van der Waals surface area (Å²) in [4.78, 5) is 41.5. The number of pyridine rings is 1. The van der Waals surface area contributed by atoms with Crippen LogP contribution in [0.3, 0.4) is 0 Å². The Balaban J connectivity index is 1.26. The summed E-state index contributed by atoms with van der Waals surface area (Å²) in [5.41, 5.74) is 2.36. The van der Waals surface area contributed by atoms with Crippen LogP contribution in [0.1, 0.15) is 24.8 Å². The molecule has 4 aromatic rings. The predicted octanol–water partition coefficient (Wildman–Crippen LogP) is 2.84. The number of nitrogens with zero attached hydrogens (tertiary/aromatic N) is 8. The van der Waals surface area contributed by atoms with Gasteiger partial charge in [-0.1, -0.05) is 6.07 Å². The van der Waals surface area contributed by atoms with Gasteiger partial charge in [-0.2, -0.15) is 15.3 Å². The van der Waals surface area contributed by atoms with Crippen LogP contribution in [0.15, 0.2) is 41.3 Å². The maximum Gasteiger partial charge on any atom is 0.243 e. The Morgan fingerprint density at radius 3 is 2.92 bits per heavy atom. The Hall–Kier alpha value is -4.11. The van der Waals surface area contributed by atoms with Gasteiger partial charge in [0.2, 0.25) is 17.8 Å². The van der Waals surface area contributed by atoms with Crippen LogP contribution in [0.4, 0.5) is 5.95 Å². The molecule has 1 N–H and O–H groups in total. The first-order valence-electron chi connectivity index (χ1n) is 11.9. The van der Waals surface area contributed by atoms with Crippen LogP contribution in [-0.4, -0.2) is 72.6 Å². The molecule has 1 saturated carbocycles. The summed E-state index contributed by atoms with van der Waals surface area (Å²) in [6, 6.07) is 9.66. The number of hydrogen-bond acceptors (Lipinski definition) is 8. The number of carbonyl (C=O) groups is 2. The number of aromatic nitrogens is 5. The molecule has 0 spiro atoms. The van der Waals surface area contributed by atoms with Crippen molar-refractivity contribution in [3.63, 3.8) is 0 Å². The molecule has 12 heteroatoms. The van der Waals surface area contributed by atoms with Gasteiger partial charge in [-0.15, -0.1) is 0 Å². The Morgan fingerprint density at radius 1 is 1.27 bits per heavy atom. The van der Waals surface area contributed by atoms with Gasteiger partial charge in [0.15, 0.2) is 5.65 Å². The van der Waals surface area contributed by atoms with Crippen LogP contribution in [0.25, 0.3) is 27.6 Å². The second-order valence-electron chi connectivity index (χ2n) is 9.43. The predicted molar refractivity (Wildman–Crippen MR) is 138 cm³/mol. The Morgan fingerprint density at radius 2 is 2.14 bits per heavy atom. The van der Waals surface area contributed by atoms with Crippen LogP contribution in [-0.2, 0) is 9.59 Å². The lowest BCUT2D eigenvalue weighted by atomic mass is 10.1. The van der Waals surface area contributed by atoms with Gasteiger partial charge in [-0.3, -0.25) is 14.6 Å². The molecule has 1 saturated heterocycles. The van der Waals surface area contributed by atoms with Gasteiger partial charge in [-0.05, 0) is 53.4 Å². The van der Waals surface area contributed by atoms with E-state index in [-0.39, 0.29) is 30.3 Å². The van der Waals surface area contributed by atoms with E-state index in [2.05, 4.69) is 42.4 Å². The van der Waals surface area contributed by atoms with Crippen molar-refractivity contribution in [3.8, 4) is 11.8 Å². The molecule has 0 bridgehead atoms. The van der Waals surface area contributed by atoms with Gasteiger partial charge in [0.1, 0.15) is 17.2 Å². The number of rotatable bonds is 4. The summed E-state index contributed by atoms with van der Waals surface area (Å²) in [6.07, 6.45) is 5.58. The molecule has 2 atom stereocenters. The maximum atomic E-state index is 12.9. The molecule has 186 valence electrons. The lowest BCUT2D eigenvalue weighted by Crippen LogP contribution is -2.35. The van der Waals surface area contributed by atoms with E-state index in [9.17, 15) is 14.9 Å². The summed E-state index contributed by atoms with van der Waals surface area (Å²) in [6.45, 7) is 0.504. The molecule has 1 aromatic carbocycles. The van der Waals surface area contributed by atoms with E-state index in [0.29, 0.717) is 46.1 Å². The fourth-order valence-corrected chi connectivity index (χ4v) is 5.53. The fraction of sp³-hybridized carbons (Fsp3) is 0.320. The van der Waals surface area contributed by atoms with E-state index in [0.717, 1.165) is 23.6 Å². The average Bonchev–Trinajstić information content (AvgIpc) is 3.60. The number of anilines is 1. The first-order chi connectivity index (χ1) is 17.9. The highest BCUT2D eigenvalue weighted by molar-refractivity contribution is 9.10. The molecule has 11 nitrogen and oxygen atoms in total. The number of carbonyl (C=O) groups excluding carboxylic acids is 2. The summed E-state index contributed by atoms with van der Waals surface area (Å²) < 4.78 is 2.28. The highest BCUT2D eigenvalue weighted by atomic mass is 79.9. The smallest absolute Gasteiger partial charge is 0.243 e. The molecule has 0 unspecified atom stereocenters. The highest BCUT2D eigenvalue weighted by Gasteiger charge is 2.37. The molecule has 1 aliphatic heterocycles. The molecular formula is C25H22BrN9O2. The molecule has 1 aliphatic carbocycles. The minimum Gasteiger partial charge on any atom is -0.351 e. The topological polar surface area (TPSA) is 133 Å². The zero-order valence-corrected chi connectivity index (χ0v) is 21.5. The standard InChI is InChI=1S/C25H22BrN9O2/c1-33-13-34(12-20(33)36)24(37)15-4-5-17(7-15)30-25-29-11-19-22(26)32-35(23(19)31-25)18-8-14-3-2-6-28-21(14)16(9-18)10-27/h2-3,6,8-9,11,15,17H,4-5,7,12-13H2,1H3,(H,29,30,31)/t15-,17-/m1/s1. The number of benzene rings is 1. The zero-order chi connectivity index (χ0) is 25.7. The third-order valence-corrected chi connectivity index (χ3v) is 7.58. The van der Waals surface area contributed by atoms with E-state index < -0.39 is 0 Å². The van der Waals surface area contributed by atoms with Crippen molar-refractivity contribution >= 4 is 55.6 Å². The van der Waals surface area contributed by atoms with E-state index in [1.54, 1.807) is 40.0 Å². The first-order valence-corrected chi connectivity index (χ1v) is 12.7. The van der Waals surface area contributed by atoms with Gasteiger partial charge in [0, 0.05) is 36.8 Å². The second kappa shape index (κ2) is 9.08. The third-order valence-electron chi connectivity index (χ3n) is 7.00. The van der Waals surface area contributed by atoms with Crippen LogP contribution in [0.2, 0.25) is 0 Å². The number of fused-ring (bicyclic) bond motifs is 2. The monoisotopic (exact) mass is 559 g/mol. The lowest BCUT2D eigenvalue weighted by Gasteiger charge is -2.19. The third kappa shape index (κ3) is 4.15. The van der Waals surface area contributed by atoms with Gasteiger partial charge < -0.3 is 15.1 Å². The van der Waals surface area contributed by atoms with Crippen LogP contribution in [0.5, 0.6) is 0 Å².